The highest BCUT2D eigenvalue weighted by atomic mass is 35.5. The summed E-state index contributed by atoms with van der Waals surface area (Å²) in [5.74, 6) is -0.178. The lowest BCUT2D eigenvalue weighted by atomic mass is 9.82. The van der Waals surface area contributed by atoms with E-state index in [1.165, 1.54) is 12.1 Å². The molecule has 0 aliphatic heterocycles. The molecule has 0 spiro atoms. The molecule has 0 unspecified atom stereocenters. The Labute approximate surface area is 117 Å². The van der Waals surface area contributed by atoms with Crippen molar-refractivity contribution in [3.63, 3.8) is 0 Å². The van der Waals surface area contributed by atoms with Gasteiger partial charge in [-0.2, -0.15) is 0 Å². The molecular formula is C15H25ClFN. The summed E-state index contributed by atoms with van der Waals surface area (Å²) in [5, 5.41) is 3.53. The summed E-state index contributed by atoms with van der Waals surface area (Å²) in [4.78, 5) is 0. The molecule has 1 aromatic rings. The van der Waals surface area contributed by atoms with Gasteiger partial charge in [0.25, 0.3) is 0 Å². The molecule has 104 valence electrons. The second-order valence-corrected chi connectivity index (χ2v) is 6.60. The van der Waals surface area contributed by atoms with Crippen LogP contribution in [0.4, 0.5) is 4.39 Å². The van der Waals surface area contributed by atoms with E-state index in [2.05, 4.69) is 39.9 Å². The van der Waals surface area contributed by atoms with Gasteiger partial charge in [0, 0.05) is 12.1 Å². The molecule has 0 radical (unpaired) electrons. The predicted molar refractivity (Wildman–Crippen MR) is 78.6 cm³/mol. The van der Waals surface area contributed by atoms with Gasteiger partial charge in [0.05, 0.1) is 0 Å². The van der Waals surface area contributed by atoms with Crippen molar-refractivity contribution in [1.29, 1.82) is 0 Å². The number of hydrogen-bond donors (Lipinski definition) is 1. The minimum Gasteiger partial charge on any atom is -0.308 e. The highest BCUT2D eigenvalue weighted by molar-refractivity contribution is 5.85. The standard InChI is InChI=1S/C15H24FN.ClH/c1-14(2,3)11-15(4,5)17-10-12-6-8-13(16)9-7-12;/h6-9,17H,10-11H2,1-5H3;1H. The molecule has 0 aliphatic rings. The van der Waals surface area contributed by atoms with E-state index in [0.29, 0.717) is 5.41 Å². The van der Waals surface area contributed by atoms with Crippen LogP contribution in [0.25, 0.3) is 0 Å². The van der Waals surface area contributed by atoms with Crippen LogP contribution in [-0.4, -0.2) is 5.54 Å². The van der Waals surface area contributed by atoms with Crippen LogP contribution in [0.2, 0.25) is 0 Å². The Morgan fingerprint density at radius 3 is 1.94 bits per heavy atom. The van der Waals surface area contributed by atoms with Gasteiger partial charge < -0.3 is 5.32 Å². The molecule has 0 fully saturated rings. The molecule has 1 rings (SSSR count). The van der Waals surface area contributed by atoms with Crippen LogP contribution in [0.3, 0.4) is 0 Å². The van der Waals surface area contributed by atoms with E-state index in [1.807, 2.05) is 12.1 Å². The Balaban J connectivity index is 0.00000289. The molecule has 0 aliphatic carbocycles. The fraction of sp³-hybridized carbons (Fsp3) is 0.600. The average molecular weight is 274 g/mol. The molecule has 0 atom stereocenters. The van der Waals surface area contributed by atoms with Crippen LogP contribution < -0.4 is 5.32 Å². The minimum atomic E-state index is -0.178. The summed E-state index contributed by atoms with van der Waals surface area (Å²) < 4.78 is 12.8. The molecule has 1 nitrogen and oxygen atoms in total. The molecule has 18 heavy (non-hydrogen) atoms. The Bertz CT molecular complexity index is 352. The lowest BCUT2D eigenvalue weighted by molar-refractivity contribution is 0.240. The van der Waals surface area contributed by atoms with E-state index in [9.17, 15) is 4.39 Å². The fourth-order valence-corrected chi connectivity index (χ4v) is 2.33. The van der Waals surface area contributed by atoms with Gasteiger partial charge in [-0.1, -0.05) is 32.9 Å². The van der Waals surface area contributed by atoms with Crippen molar-refractivity contribution in [2.24, 2.45) is 5.41 Å². The van der Waals surface area contributed by atoms with Gasteiger partial charge in [-0.25, -0.2) is 4.39 Å². The SMILES string of the molecule is CC(C)(C)CC(C)(C)NCc1ccc(F)cc1.Cl. The summed E-state index contributed by atoms with van der Waals surface area (Å²) in [7, 11) is 0. The molecule has 0 bridgehead atoms. The lowest BCUT2D eigenvalue weighted by Gasteiger charge is -2.33. The van der Waals surface area contributed by atoms with E-state index >= 15 is 0 Å². The van der Waals surface area contributed by atoms with E-state index in [1.54, 1.807) is 0 Å². The van der Waals surface area contributed by atoms with Gasteiger partial charge in [-0.3, -0.25) is 0 Å². The van der Waals surface area contributed by atoms with Crippen molar-refractivity contribution in [1.82, 2.24) is 5.32 Å². The largest absolute Gasteiger partial charge is 0.308 e. The molecule has 0 saturated heterocycles. The van der Waals surface area contributed by atoms with Gasteiger partial charge in [-0.15, -0.1) is 12.4 Å². The van der Waals surface area contributed by atoms with Crippen molar-refractivity contribution in [2.75, 3.05) is 0 Å². The van der Waals surface area contributed by atoms with E-state index in [4.69, 9.17) is 0 Å². The second-order valence-electron chi connectivity index (χ2n) is 6.60. The summed E-state index contributed by atoms with van der Waals surface area (Å²) >= 11 is 0. The van der Waals surface area contributed by atoms with Crippen molar-refractivity contribution in [3.8, 4) is 0 Å². The summed E-state index contributed by atoms with van der Waals surface area (Å²) in [6.45, 7) is 11.9. The zero-order chi connectivity index (χ0) is 13.1. The second kappa shape index (κ2) is 6.53. The Kier molecular flexibility index (Phi) is 6.32. The average Bonchev–Trinajstić information content (AvgIpc) is 2.13. The number of benzene rings is 1. The predicted octanol–water partition coefficient (Wildman–Crippen LogP) is 4.55. The molecule has 0 amide bonds. The van der Waals surface area contributed by atoms with Gasteiger partial charge in [0.15, 0.2) is 0 Å². The first-order chi connectivity index (χ1) is 7.68. The molecule has 1 N–H and O–H groups in total. The van der Waals surface area contributed by atoms with Crippen LogP contribution >= 0.6 is 12.4 Å². The van der Waals surface area contributed by atoms with E-state index in [-0.39, 0.29) is 23.8 Å². The quantitative estimate of drug-likeness (QED) is 0.848. The maximum Gasteiger partial charge on any atom is 0.123 e. The maximum atomic E-state index is 12.8. The normalized spacial score (nSPS) is 12.1. The fourth-order valence-electron chi connectivity index (χ4n) is 2.33. The van der Waals surface area contributed by atoms with Gasteiger partial charge in [0.1, 0.15) is 5.82 Å². The van der Waals surface area contributed by atoms with Gasteiger partial charge in [0.2, 0.25) is 0 Å². The monoisotopic (exact) mass is 273 g/mol. The number of nitrogens with one attached hydrogen (secondary N) is 1. The van der Waals surface area contributed by atoms with Gasteiger partial charge in [-0.05, 0) is 43.4 Å². The number of rotatable bonds is 4. The molecule has 1 aromatic carbocycles. The number of hydrogen-bond acceptors (Lipinski definition) is 1. The zero-order valence-electron chi connectivity index (χ0n) is 12.0. The van der Waals surface area contributed by atoms with Crippen LogP contribution in [0.5, 0.6) is 0 Å². The molecule has 0 saturated carbocycles. The lowest BCUT2D eigenvalue weighted by Crippen LogP contribution is -2.41. The third-order valence-electron chi connectivity index (χ3n) is 2.66. The smallest absolute Gasteiger partial charge is 0.123 e. The summed E-state index contributed by atoms with van der Waals surface area (Å²) in [6.07, 6.45) is 1.10. The van der Waals surface area contributed by atoms with Crippen LogP contribution in [0.1, 0.15) is 46.6 Å². The van der Waals surface area contributed by atoms with Crippen molar-refractivity contribution in [2.45, 2.75) is 53.1 Å². The Morgan fingerprint density at radius 1 is 1.00 bits per heavy atom. The van der Waals surface area contributed by atoms with Crippen LogP contribution in [0, 0.1) is 11.2 Å². The third kappa shape index (κ3) is 6.97. The zero-order valence-corrected chi connectivity index (χ0v) is 12.8. The summed E-state index contributed by atoms with van der Waals surface area (Å²) in [6, 6.07) is 6.67. The topological polar surface area (TPSA) is 12.0 Å². The Hall–Kier alpha value is -0.600. The van der Waals surface area contributed by atoms with Crippen LogP contribution in [0.15, 0.2) is 24.3 Å². The highest BCUT2D eigenvalue weighted by Crippen LogP contribution is 2.26. The molecular weight excluding hydrogens is 249 g/mol. The minimum absolute atomic E-state index is 0. The van der Waals surface area contributed by atoms with Crippen molar-refractivity contribution >= 4 is 12.4 Å². The third-order valence-corrected chi connectivity index (χ3v) is 2.66. The number of halogens is 2. The first kappa shape index (κ1) is 17.4. The van der Waals surface area contributed by atoms with Crippen molar-refractivity contribution < 1.29 is 4.39 Å². The molecule has 0 aromatic heterocycles. The van der Waals surface area contributed by atoms with Crippen molar-refractivity contribution in [3.05, 3.63) is 35.6 Å². The van der Waals surface area contributed by atoms with E-state index < -0.39 is 0 Å². The van der Waals surface area contributed by atoms with Gasteiger partial charge >= 0.3 is 0 Å². The molecule has 0 heterocycles. The first-order valence-electron chi connectivity index (χ1n) is 6.17. The van der Waals surface area contributed by atoms with Crippen LogP contribution in [-0.2, 0) is 6.54 Å². The summed E-state index contributed by atoms with van der Waals surface area (Å²) in [5.41, 5.74) is 1.51. The Morgan fingerprint density at radius 2 is 1.50 bits per heavy atom. The maximum absolute atomic E-state index is 12.8. The van der Waals surface area contributed by atoms with E-state index in [0.717, 1.165) is 18.5 Å². The molecule has 3 heteroatoms. The first-order valence-corrected chi connectivity index (χ1v) is 6.17. The highest BCUT2D eigenvalue weighted by Gasteiger charge is 2.24.